The molecule has 0 aliphatic carbocycles. The fraction of sp³-hybridized carbons (Fsp3) is 0.286. The number of alkyl halides is 3. The molecule has 0 amide bonds. The summed E-state index contributed by atoms with van der Waals surface area (Å²) in [5.41, 5.74) is -4.97. The van der Waals surface area contributed by atoms with Crippen LogP contribution in [0.1, 0.15) is 16.1 Å². The van der Waals surface area contributed by atoms with Gasteiger partial charge in [0.2, 0.25) is 10.0 Å². The highest BCUT2D eigenvalue weighted by Gasteiger charge is 2.55. The van der Waals surface area contributed by atoms with Crippen LogP contribution in [-0.2, 0) is 22.7 Å². The number of carbonyl (C=O) groups is 1. The minimum atomic E-state index is -5.24. The Kier molecular flexibility index (Phi) is 5.57. The molecule has 2 rings (SSSR count). The highest BCUT2D eigenvalue weighted by atomic mass is 35.5. The largest absolute Gasteiger partial charge is 0.476 e. The number of halogens is 4. The van der Waals surface area contributed by atoms with E-state index in [1.807, 2.05) is 0 Å². The third kappa shape index (κ3) is 4.08. The molecule has 1 atom stereocenters. The molecule has 3 N–H and O–H groups in total. The first-order valence-corrected chi connectivity index (χ1v) is 8.96. The van der Waals surface area contributed by atoms with Crippen LogP contribution >= 0.6 is 11.6 Å². The number of aryl methyl sites for hydroxylation is 1. The number of nitrogens with one attached hydrogen (secondary N) is 1. The number of carboxylic acids is 1. The van der Waals surface area contributed by atoms with Crippen molar-refractivity contribution < 1.29 is 36.6 Å². The number of rotatable bonds is 6. The Morgan fingerprint density at radius 3 is 2.33 bits per heavy atom. The van der Waals surface area contributed by atoms with E-state index in [1.165, 1.54) is 0 Å². The summed E-state index contributed by atoms with van der Waals surface area (Å²) in [5.74, 6) is -1.64. The van der Waals surface area contributed by atoms with Gasteiger partial charge < -0.3 is 10.2 Å². The number of aromatic nitrogens is 2. The molecule has 1 aromatic carbocycles. The fourth-order valence-corrected chi connectivity index (χ4v) is 3.57. The maximum atomic E-state index is 13.5. The molecule has 148 valence electrons. The van der Waals surface area contributed by atoms with Crippen molar-refractivity contribution in [3.63, 3.8) is 0 Å². The molecule has 27 heavy (non-hydrogen) atoms. The predicted octanol–water partition coefficient (Wildman–Crippen LogP) is 1.50. The van der Waals surface area contributed by atoms with Gasteiger partial charge in [-0.1, -0.05) is 23.7 Å². The number of hydrogen-bond acceptors (Lipinski definition) is 5. The summed E-state index contributed by atoms with van der Waals surface area (Å²) in [4.78, 5) is 10.3. The SMILES string of the molecule is Cn1ncc(S(=O)(=O)NCC(O)(c2ccc(Cl)cc2)C(F)(F)F)c1C(=O)O. The quantitative estimate of drug-likeness (QED) is 0.642. The van der Waals surface area contributed by atoms with E-state index in [4.69, 9.17) is 16.7 Å². The second-order valence-corrected chi connectivity index (χ2v) is 7.65. The van der Waals surface area contributed by atoms with Crippen molar-refractivity contribution in [3.05, 3.63) is 46.7 Å². The lowest BCUT2D eigenvalue weighted by molar-refractivity contribution is -0.263. The van der Waals surface area contributed by atoms with Crippen molar-refractivity contribution in [2.24, 2.45) is 7.05 Å². The van der Waals surface area contributed by atoms with Crippen LogP contribution < -0.4 is 4.72 Å². The van der Waals surface area contributed by atoms with Crippen LogP contribution in [0.15, 0.2) is 35.4 Å². The number of nitrogens with zero attached hydrogens (tertiary/aromatic N) is 2. The lowest BCUT2D eigenvalue weighted by Crippen LogP contribution is -2.51. The molecule has 8 nitrogen and oxygen atoms in total. The first-order chi connectivity index (χ1) is 12.3. The Morgan fingerprint density at radius 2 is 1.85 bits per heavy atom. The topological polar surface area (TPSA) is 122 Å². The zero-order valence-electron chi connectivity index (χ0n) is 13.5. The van der Waals surface area contributed by atoms with Crippen LogP contribution in [0.25, 0.3) is 0 Å². The summed E-state index contributed by atoms with van der Waals surface area (Å²) in [5, 5.41) is 22.8. The number of sulfonamides is 1. The standard InChI is InChI=1S/C14H13ClF3N3O5S/c1-21-11(12(22)23)10(6-19-21)27(25,26)20-7-13(24,14(16,17)18)8-2-4-9(15)5-3-8/h2-6,20,24H,7H2,1H3,(H,22,23). The molecule has 0 saturated carbocycles. The van der Waals surface area contributed by atoms with Gasteiger partial charge in [0.25, 0.3) is 0 Å². The summed E-state index contributed by atoms with van der Waals surface area (Å²) >= 11 is 5.62. The van der Waals surface area contributed by atoms with Gasteiger partial charge in [0.1, 0.15) is 4.90 Å². The highest BCUT2D eigenvalue weighted by Crippen LogP contribution is 2.39. The molecular weight excluding hydrogens is 415 g/mol. The fourth-order valence-electron chi connectivity index (χ4n) is 2.23. The Hall–Kier alpha value is -2.15. The van der Waals surface area contributed by atoms with E-state index < -0.39 is 50.5 Å². The second kappa shape index (κ2) is 7.11. The van der Waals surface area contributed by atoms with Gasteiger partial charge in [0.15, 0.2) is 11.3 Å². The second-order valence-electron chi connectivity index (χ2n) is 5.48. The summed E-state index contributed by atoms with van der Waals surface area (Å²) in [6.07, 6.45) is -4.56. The number of aliphatic hydroxyl groups is 1. The maximum Gasteiger partial charge on any atom is 0.422 e. The van der Waals surface area contributed by atoms with Gasteiger partial charge in [-0.15, -0.1) is 0 Å². The molecule has 1 heterocycles. The zero-order valence-corrected chi connectivity index (χ0v) is 15.1. The summed E-state index contributed by atoms with van der Waals surface area (Å²) in [7, 11) is -3.57. The van der Waals surface area contributed by atoms with Crippen molar-refractivity contribution in [2.75, 3.05) is 6.54 Å². The van der Waals surface area contributed by atoms with Gasteiger partial charge >= 0.3 is 12.1 Å². The first-order valence-electron chi connectivity index (χ1n) is 7.10. The molecule has 0 bridgehead atoms. The molecule has 0 aliphatic rings. The third-order valence-corrected chi connectivity index (χ3v) is 5.36. The van der Waals surface area contributed by atoms with Crippen LogP contribution in [0.3, 0.4) is 0 Å². The van der Waals surface area contributed by atoms with Gasteiger partial charge in [0.05, 0.1) is 12.7 Å². The van der Waals surface area contributed by atoms with Crippen molar-refractivity contribution in [1.82, 2.24) is 14.5 Å². The molecule has 0 aliphatic heterocycles. The average Bonchev–Trinajstić information content (AvgIpc) is 2.95. The molecular formula is C14H13ClF3N3O5S. The van der Waals surface area contributed by atoms with Crippen LogP contribution in [0, 0.1) is 0 Å². The first kappa shape index (κ1) is 21.2. The summed E-state index contributed by atoms with van der Waals surface area (Å²) in [6, 6.07) is 4.01. The van der Waals surface area contributed by atoms with Gasteiger partial charge in [-0.2, -0.15) is 18.3 Å². The average molecular weight is 428 g/mol. The van der Waals surface area contributed by atoms with Crippen molar-refractivity contribution in [2.45, 2.75) is 16.7 Å². The van der Waals surface area contributed by atoms with E-state index in [-0.39, 0.29) is 5.02 Å². The number of aromatic carboxylic acids is 1. The van der Waals surface area contributed by atoms with E-state index in [2.05, 4.69) is 5.10 Å². The van der Waals surface area contributed by atoms with Crippen LogP contribution in [0.2, 0.25) is 5.02 Å². The lowest BCUT2D eigenvalue weighted by atomic mass is 9.93. The van der Waals surface area contributed by atoms with E-state index in [0.29, 0.717) is 6.20 Å². The highest BCUT2D eigenvalue weighted by molar-refractivity contribution is 7.89. The van der Waals surface area contributed by atoms with E-state index in [9.17, 15) is 31.5 Å². The smallest absolute Gasteiger partial charge is 0.422 e. The van der Waals surface area contributed by atoms with Crippen molar-refractivity contribution in [1.29, 1.82) is 0 Å². The summed E-state index contributed by atoms with van der Waals surface area (Å²) in [6.45, 7) is -1.49. The van der Waals surface area contributed by atoms with E-state index >= 15 is 0 Å². The Labute approximate surface area is 156 Å². The van der Waals surface area contributed by atoms with Crippen molar-refractivity contribution >= 4 is 27.6 Å². The Bertz CT molecular complexity index is 959. The van der Waals surface area contributed by atoms with Crippen LogP contribution in [0.5, 0.6) is 0 Å². The lowest BCUT2D eigenvalue weighted by Gasteiger charge is -2.31. The zero-order chi connectivity index (χ0) is 20.6. The molecule has 0 radical (unpaired) electrons. The molecule has 1 aromatic heterocycles. The van der Waals surface area contributed by atoms with Gasteiger partial charge in [-0.3, -0.25) is 4.68 Å². The molecule has 13 heteroatoms. The molecule has 0 saturated heterocycles. The monoisotopic (exact) mass is 427 g/mol. The number of benzene rings is 1. The van der Waals surface area contributed by atoms with Crippen LogP contribution in [0.4, 0.5) is 13.2 Å². The predicted molar refractivity (Wildman–Crippen MR) is 86.8 cm³/mol. The third-order valence-electron chi connectivity index (χ3n) is 3.71. The van der Waals surface area contributed by atoms with Gasteiger partial charge in [-0.05, 0) is 17.7 Å². The van der Waals surface area contributed by atoms with Crippen molar-refractivity contribution in [3.8, 4) is 0 Å². The Morgan fingerprint density at radius 1 is 1.30 bits per heavy atom. The van der Waals surface area contributed by atoms with Gasteiger partial charge in [0, 0.05) is 12.1 Å². The number of hydrogen-bond donors (Lipinski definition) is 3. The number of carboxylic acid groups (broad SMARTS) is 1. The summed E-state index contributed by atoms with van der Waals surface area (Å²) < 4.78 is 67.3. The normalized spacial score (nSPS) is 14.7. The molecule has 1 unspecified atom stereocenters. The maximum absolute atomic E-state index is 13.5. The van der Waals surface area contributed by atoms with Gasteiger partial charge in [-0.25, -0.2) is 17.9 Å². The molecule has 0 spiro atoms. The van der Waals surface area contributed by atoms with E-state index in [0.717, 1.165) is 36.0 Å². The molecule has 0 fully saturated rings. The minimum Gasteiger partial charge on any atom is -0.476 e. The molecule has 2 aromatic rings. The Balaban J connectivity index is 2.41. The van der Waals surface area contributed by atoms with Crippen LogP contribution in [-0.4, -0.2) is 47.1 Å². The minimum absolute atomic E-state index is 0.116. The van der Waals surface area contributed by atoms with E-state index in [1.54, 1.807) is 4.72 Å².